The van der Waals surface area contributed by atoms with Crippen LogP contribution in [0.25, 0.3) is 5.57 Å². The second-order valence-electron chi connectivity index (χ2n) is 4.05. The largest absolute Gasteiger partial charge is 0.289 e. The maximum atomic E-state index is 13.7. The normalized spacial score (nSPS) is 13.5. The van der Waals surface area contributed by atoms with Crippen LogP contribution < -0.4 is 0 Å². The molecule has 21 heavy (non-hydrogen) atoms. The van der Waals surface area contributed by atoms with Crippen molar-refractivity contribution in [2.24, 2.45) is 0 Å². The minimum atomic E-state index is -1.24. The average Bonchev–Trinajstić information content (AvgIpc) is 2.42. The van der Waals surface area contributed by atoms with Crippen molar-refractivity contribution in [2.45, 2.75) is 0 Å². The first-order chi connectivity index (χ1) is 9.97. The lowest BCUT2D eigenvalue weighted by Crippen LogP contribution is -2.08. The van der Waals surface area contributed by atoms with Crippen molar-refractivity contribution in [2.75, 3.05) is 0 Å². The van der Waals surface area contributed by atoms with E-state index in [9.17, 15) is 18.0 Å². The van der Waals surface area contributed by atoms with Crippen LogP contribution in [0.1, 0.15) is 5.56 Å². The van der Waals surface area contributed by atoms with Crippen LogP contribution in [-0.4, -0.2) is 5.78 Å². The number of allylic oxidation sites excluding steroid dienone is 6. The number of nitrogens with zero attached hydrogens (tertiary/aromatic N) is 2. The number of benzene rings is 1. The van der Waals surface area contributed by atoms with Crippen molar-refractivity contribution in [1.29, 1.82) is 10.5 Å². The molecule has 0 fully saturated rings. The van der Waals surface area contributed by atoms with E-state index < -0.39 is 28.8 Å². The van der Waals surface area contributed by atoms with Gasteiger partial charge in [0.2, 0.25) is 0 Å². The van der Waals surface area contributed by atoms with Crippen molar-refractivity contribution in [3.8, 4) is 12.1 Å². The van der Waals surface area contributed by atoms with Gasteiger partial charge in [0.1, 0.15) is 35.2 Å². The van der Waals surface area contributed by atoms with Crippen molar-refractivity contribution >= 4 is 11.4 Å². The minimum Gasteiger partial charge on any atom is -0.289 e. The second-order valence-corrected chi connectivity index (χ2v) is 4.05. The predicted octanol–water partition coefficient (Wildman–Crippen LogP) is 2.97. The molecule has 1 aromatic rings. The van der Waals surface area contributed by atoms with Gasteiger partial charge in [0.25, 0.3) is 0 Å². The second kappa shape index (κ2) is 5.48. The number of nitriles is 2. The van der Waals surface area contributed by atoms with Gasteiger partial charge in [0.15, 0.2) is 5.78 Å². The van der Waals surface area contributed by atoms with E-state index in [4.69, 9.17) is 10.5 Å². The van der Waals surface area contributed by atoms with Crippen LogP contribution in [-0.2, 0) is 4.79 Å². The monoisotopic (exact) mass is 286 g/mol. The Balaban J connectivity index is 2.70. The van der Waals surface area contributed by atoms with E-state index in [1.807, 2.05) is 0 Å². The third-order valence-corrected chi connectivity index (χ3v) is 2.77. The van der Waals surface area contributed by atoms with Gasteiger partial charge in [0.05, 0.1) is 5.56 Å². The first-order valence-electron chi connectivity index (χ1n) is 5.61. The first kappa shape index (κ1) is 14.3. The highest BCUT2D eigenvalue weighted by atomic mass is 19.1. The zero-order valence-corrected chi connectivity index (χ0v) is 10.3. The highest BCUT2D eigenvalue weighted by Gasteiger charge is 2.23. The zero-order chi connectivity index (χ0) is 15.6. The third-order valence-electron chi connectivity index (χ3n) is 2.77. The summed E-state index contributed by atoms with van der Waals surface area (Å²) in [6, 6.07) is 4.12. The quantitative estimate of drug-likeness (QED) is 0.745. The molecule has 3 nitrogen and oxygen atoms in total. The molecule has 1 aliphatic rings. The van der Waals surface area contributed by atoms with Crippen molar-refractivity contribution in [3.63, 3.8) is 0 Å². The van der Waals surface area contributed by atoms with Crippen LogP contribution in [0, 0.1) is 40.1 Å². The molecule has 0 bridgehead atoms. The molecule has 6 heteroatoms. The van der Waals surface area contributed by atoms with Crippen molar-refractivity contribution < 1.29 is 18.0 Å². The molecule has 0 unspecified atom stereocenters. The van der Waals surface area contributed by atoms with Gasteiger partial charge in [-0.15, -0.1) is 0 Å². The van der Waals surface area contributed by atoms with Gasteiger partial charge >= 0.3 is 0 Å². The molecule has 1 aromatic carbocycles. The molecule has 102 valence electrons. The average molecular weight is 286 g/mol. The molecule has 1 aliphatic carbocycles. The first-order valence-corrected chi connectivity index (χ1v) is 5.61. The summed E-state index contributed by atoms with van der Waals surface area (Å²) in [6.07, 6.45) is 3.22. The van der Waals surface area contributed by atoms with Crippen LogP contribution in [0.5, 0.6) is 0 Å². The van der Waals surface area contributed by atoms with E-state index in [1.54, 1.807) is 12.1 Å². The van der Waals surface area contributed by atoms with Gasteiger partial charge in [-0.05, 0) is 18.2 Å². The third kappa shape index (κ3) is 2.60. The number of ketones is 1. The van der Waals surface area contributed by atoms with Crippen molar-refractivity contribution in [1.82, 2.24) is 0 Å². The van der Waals surface area contributed by atoms with Gasteiger partial charge in [-0.3, -0.25) is 4.79 Å². The summed E-state index contributed by atoms with van der Waals surface area (Å²) < 4.78 is 40.3. The van der Waals surface area contributed by atoms with Crippen LogP contribution in [0.15, 0.2) is 41.5 Å². The molecule has 0 saturated carbocycles. The maximum Gasteiger partial charge on any atom is 0.186 e. The molecular formula is C15H5F3N2O. The Bertz CT molecular complexity index is 781. The van der Waals surface area contributed by atoms with E-state index in [1.165, 1.54) is 6.08 Å². The fraction of sp³-hybridized carbons (Fsp3) is 0. The summed E-state index contributed by atoms with van der Waals surface area (Å²) in [7, 11) is 0. The van der Waals surface area contributed by atoms with E-state index in [2.05, 4.69) is 0 Å². The lowest BCUT2D eigenvalue weighted by molar-refractivity contribution is -0.109. The summed E-state index contributed by atoms with van der Waals surface area (Å²) in [6.45, 7) is 0. The topological polar surface area (TPSA) is 64.7 Å². The molecule has 0 spiro atoms. The molecule has 0 atom stereocenters. The van der Waals surface area contributed by atoms with E-state index in [0.29, 0.717) is 12.1 Å². The predicted molar refractivity (Wildman–Crippen MR) is 66.7 cm³/mol. The zero-order valence-electron chi connectivity index (χ0n) is 10.3. The van der Waals surface area contributed by atoms with Crippen LogP contribution in [0.3, 0.4) is 0 Å². The molecule has 0 N–H and O–H groups in total. The lowest BCUT2D eigenvalue weighted by atomic mass is 9.92. The Hall–Kier alpha value is -3.12. The van der Waals surface area contributed by atoms with Crippen LogP contribution >= 0.6 is 0 Å². The summed E-state index contributed by atoms with van der Waals surface area (Å²) in [4.78, 5) is 11.8. The number of hydrogen-bond donors (Lipinski definition) is 0. The van der Waals surface area contributed by atoms with E-state index in [-0.39, 0.29) is 16.7 Å². The van der Waals surface area contributed by atoms with Crippen LogP contribution in [0.2, 0.25) is 0 Å². The Morgan fingerprint density at radius 2 is 1.57 bits per heavy atom. The Labute approximate surface area is 117 Å². The molecule has 0 aliphatic heterocycles. The lowest BCUT2D eigenvalue weighted by Gasteiger charge is -2.11. The van der Waals surface area contributed by atoms with Gasteiger partial charge < -0.3 is 0 Å². The minimum absolute atomic E-state index is 0.0534. The Morgan fingerprint density at radius 1 is 1.00 bits per heavy atom. The fourth-order valence-corrected chi connectivity index (χ4v) is 1.83. The van der Waals surface area contributed by atoms with Gasteiger partial charge in [0, 0.05) is 23.3 Å². The Morgan fingerprint density at radius 3 is 2.10 bits per heavy atom. The van der Waals surface area contributed by atoms with E-state index in [0.717, 1.165) is 12.2 Å². The highest BCUT2D eigenvalue weighted by molar-refractivity contribution is 6.28. The molecule has 0 amide bonds. The number of carbonyl (C=O) groups excluding carboxylic acids is 1. The summed E-state index contributed by atoms with van der Waals surface area (Å²) in [5.74, 6) is -4.30. The molecule has 2 rings (SSSR count). The Kier molecular flexibility index (Phi) is 3.73. The van der Waals surface area contributed by atoms with Gasteiger partial charge in [-0.1, -0.05) is 0 Å². The number of halogens is 3. The summed E-state index contributed by atoms with van der Waals surface area (Å²) in [5.41, 5.74) is -1.33. The van der Waals surface area contributed by atoms with Gasteiger partial charge in [-0.25, -0.2) is 13.2 Å². The highest BCUT2D eigenvalue weighted by Crippen LogP contribution is 2.29. The van der Waals surface area contributed by atoms with Crippen molar-refractivity contribution in [3.05, 3.63) is 64.5 Å². The molecule has 0 radical (unpaired) electrons. The maximum absolute atomic E-state index is 13.7. The number of hydrogen-bond acceptors (Lipinski definition) is 3. The SMILES string of the molecule is N#CC(C#N)=C1C=CC(=O)C(c2c(F)cc(F)cc2F)=C1. The molecule has 0 saturated heterocycles. The summed E-state index contributed by atoms with van der Waals surface area (Å²) >= 11 is 0. The molecule has 0 heterocycles. The smallest absolute Gasteiger partial charge is 0.186 e. The standard InChI is InChI=1S/C15H5F3N2O/c16-10-4-12(17)15(13(18)5-10)11-3-8(1-2-14(11)21)9(6-19)7-20/h1-5H. The molecule has 0 aromatic heterocycles. The van der Waals surface area contributed by atoms with Crippen LogP contribution in [0.4, 0.5) is 13.2 Å². The fourth-order valence-electron chi connectivity index (χ4n) is 1.83. The van der Waals surface area contributed by atoms with E-state index >= 15 is 0 Å². The number of carbonyl (C=O) groups is 1. The molecular weight excluding hydrogens is 281 g/mol. The van der Waals surface area contributed by atoms with Gasteiger partial charge in [-0.2, -0.15) is 10.5 Å². The number of rotatable bonds is 1. The summed E-state index contributed by atoms with van der Waals surface area (Å²) in [5, 5.41) is 17.5.